The topological polar surface area (TPSA) is 56.7 Å². The first-order chi connectivity index (χ1) is 13.6. The van der Waals surface area contributed by atoms with Gasteiger partial charge in [-0.25, -0.2) is 4.39 Å². The Labute approximate surface area is 165 Å². The molecule has 0 aromatic heterocycles. The van der Waals surface area contributed by atoms with Crippen molar-refractivity contribution in [2.75, 3.05) is 26.7 Å². The molecule has 0 radical (unpaired) electrons. The Kier molecular flexibility index (Phi) is 6.63. The molecule has 0 atom stereocenters. The molecule has 0 saturated carbocycles. The van der Waals surface area contributed by atoms with Crippen molar-refractivity contribution in [1.29, 1.82) is 0 Å². The first-order valence-electron chi connectivity index (χ1n) is 9.61. The van der Waals surface area contributed by atoms with Crippen molar-refractivity contribution in [3.05, 3.63) is 70.5 Å². The van der Waals surface area contributed by atoms with Gasteiger partial charge in [0.2, 0.25) is 5.91 Å². The fourth-order valence-electron chi connectivity index (χ4n) is 3.46. The molecular formula is C22H27FN4O. The lowest BCUT2D eigenvalue weighted by molar-refractivity contribution is -0.130. The molecular weight excluding hydrogens is 355 g/mol. The maximum absolute atomic E-state index is 13.2. The molecule has 2 aromatic carbocycles. The summed E-state index contributed by atoms with van der Waals surface area (Å²) in [7, 11) is 1.68. The Morgan fingerprint density at radius 2 is 1.96 bits per heavy atom. The van der Waals surface area contributed by atoms with Gasteiger partial charge in [-0.1, -0.05) is 30.3 Å². The third-order valence-electron chi connectivity index (χ3n) is 5.11. The van der Waals surface area contributed by atoms with E-state index in [1.54, 1.807) is 13.1 Å². The third kappa shape index (κ3) is 5.09. The molecule has 28 heavy (non-hydrogen) atoms. The molecule has 0 bridgehead atoms. The van der Waals surface area contributed by atoms with Gasteiger partial charge in [0.25, 0.3) is 0 Å². The molecule has 1 aliphatic heterocycles. The highest BCUT2D eigenvalue weighted by molar-refractivity contribution is 5.86. The Hall–Kier alpha value is -2.89. The van der Waals surface area contributed by atoms with E-state index >= 15 is 0 Å². The second kappa shape index (κ2) is 9.35. The second-order valence-electron chi connectivity index (χ2n) is 7.01. The van der Waals surface area contributed by atoms with Gasteiger partial charge in [-0.2, -0.15) is 0 Å². The zero-order chi connectivity index (χ0) is 19.9. The van der Waals surface area contributed by atoms with Gasteiger partial charge in [0, 0.05) is 26.7 Å². The van der Waals surface area contributed by atoms with E-state index in [2.05, 4.69) is 27.8 Å². The molecule has 0 saturated heterocycles. The fraction of sp³-hybridized carbons (Fsp3) is 0.364. The van der Waals surface area contributed by atoms with Crippen molar-refractivity contribution in [1.82, 2.24) is 15.5 Å². The van der Waals surface area contributed by atoms with Gasteiger partial charge in [-0.3, -0.25) is 9.79 Å². The van der Waals surface area contributed by atoms with Gasteiger partial charge >= 0.3 is 0 Å². The molecule has 6 heteroatoms. The van der Waals surface area contributed by atoms with Crippen LogP contribution in [0.15, 0.2) is 47.5 Å². The van der Waals surface area contributed by atoms with Crippen LogP contribution in [0.25, 0.3) is 0 Å². The number of aliphatic imine (C=N–C) groups is 1. The number of aryl methyl sites for hydroxylation is 1. The molecule has 0 aliphatic carbocycles. The van der Waals surface area contributed by atoms with E-state index in [4.69, 9.17) is 0 Å². The summed E-state index contributed by atoms with van der Waals surface area (Å²) in [5.74, 6) is 0.433. The molecule has 5 nitrogen and oxygen atoms in total. The van der Waals surface area contributed by atoms with Crippen molar-refractivity contribution >= 4 is 11.9 Å². The maximum Gasteiger partial charge on any atom is 0.242 e. The molecule has 148 valence electrons. The number of hydrogen-bond donors (Lipinski definition) is 2. The van der Waals surface area contributed by atoms with Crippen molar-refractivity contribution in [2.45, 2.75) is 26.3 Å². The zero-order valence-electron chi connectivity index (χ0n) is 16.5. The Balaban J connectivity index is 1.44. The number of fused-ring (bicyclic) bond motifs is 1. The minimum Gasteiger partial charge on any atom is -0.356 e. The molecule has 0 fully saturated rings. The minimum atomic E-state index is -0.217. The van der Waals surface area contributed by atoms with Crippen LogP contribution in [-0.2, 0) is 24.2 Å². The number of guanidine groups is 1. The monoisotopic (exact) mass is 382 g/mol. The highest BCUT2D eigenvalue weighted by atomic mass is 19.1. The summed E-state index contributed by atoms with van der Waals surface area (Å²) < 4.78 is 13.2. The Bertz CT molecular complexity index is 865. The lowest BCUT2D eigenvalue weighted by Crippen LogP contribution is -2.46. The minimum absolute atomic E-state index is 0.0619. The maximum atomic E-state index is 13.2. The summed E-state index contributed by atoms with van der Waals surface area (Å²) in [6, 6.07) is 13.1. The number of halogens is 1. The van der Waals surface area contributed by atoms with Crippen molar-refractivity contribution in [2.24, 2.45) is 4.99 Å². The van der Waals surface area contributed by atoms with Gasteiger partial charge in [-0.05, 0) is 54.2 Å². The lowest BCUT2D eigenvalue weighted by Gasteiger charge is -2.29. The van der Waals surface area contributed by atoms with Crippen LogP contribution >= 0.6 is 0 Å². The molecule has 0 unspecified atom stereocenters. The predicted octanol–water partition coefficient (Wildman–Crippen LogP) is 2.43. The summed E-state index contributed by atoms with van der Waals surface area (Å²) in [5.41, 5.74) is 4.57. The number of carbonyl (C=O) groups excluding carboxylic acids is 1. The largest absolute Gasteiger partial charge is 0.356 e. The molecule has 0 spiro atoms. The molecule has 2 N–H and O–H groups in total. The lowest BCUT2D eigenvalue weighted by atomic mass is 10.00. The van der Waals surface area contributed by atoms with E-state index in [1.165, 1.54) is 23.3 Å². The quantitative estimate of drug-likeness (QED) is 0.617. The van der Waals surface area contributed by atoms with E-state index in [-0.39, 0.29) is 18.3 Å². The van der Waals surface area contributed by atoms with Crippen molar-refractivity contribution < 1.29 is 9.18 Å². The zero-order valence-corrected chi connectivity index (χ0v) is 16.5. The summed E-state index contributed by atoms with van der Waals surface area (Å²) in [5, 5.41) is 6.30. The summed E-state index contributed by atoms with van der Waals surface area (Å²) in [6.07, 6.45) is 1.65. The SMILES string of the molecule is CN=C(NCCc1ccc(F)cc1C)NCC(=O)N1CCc2ccccc2C1. The van der Waals surface area contributed by atoms with Gasteiger partial charge in [0.1, 0.15) is 5.82 Å². The van der Waals surface area contributed by atoms with Gasteiger partial charge in [-0.15, -0.1) is 0 Å². The Morgan fingerprint density at radius 3 is 2.71 bits per heavy atom. The van der Waals surface area contributed by atoms with E-state index < -0.39 is 0 Å². The molecule has 1 amide bonds. The van der Waals surface area contributed by atoms with Crippen LogP contribution in [-0.4, -0.2) is 43.4 Å². The average Bonchev–Trinajstić information content (AvgIpc) is 2.71. The first-order valence-corrected chi connectivity index (χ1v) is 9.61. The van der Waals surface area contributed by atoms with Crippen LogP contribution in [0.4, 0.5) is 4.39 Å². The normalized spacial score (nSPS) is 13.8. The average molecular weight is 382 g/mol. The number of nitrogens with one attached hydrogen (secondary N) is 2. The Morgan fingerprint density at radius 1 is 1.18 bits per heavy atom. The van der Waals surface area contributed by atoms with Crippen LogP contribution in [0.2, 0.25) is 0 Å². The summed E-state index contributed by atoms with van der Waals surface area (Å²) >= 11 is 0. The van der Waals surface area contributed by atoms with Crippen LogP contribution < -0.4 is 10.6 Å². The van der Waals surface area contributed by atoms with Gasteiger partial charge in [0.05, 0.1) is 6.54 Å². The highest BCUT2D eigenvalue weighted by Crippen LogP contribution is 2.18. The molecule has 2 aromatic rings. The predicted molar refractivity (Wildman–Crippen MR) is 110 cm³/mol. The van der Waals surface area contributed by atoms with Crippen LogP contribution in [0.5, 0.6) is 0 Å². The number of carbonyl (C=O) groups is 1. The van der Waals surface area contributed by atoms with Crippen molar-refractivity contribution in [3.63, 3.8) is 0 Å². The second-order valence-corrected chi connectivity index (χ2v) is 7.01. The van der Waals surface area contributed by atoms with E-state index in [0.717, 1.165) is 30.5 Å². The third-order valence-corrected chi connectivity index (χ3v) is 5.11. The standard InChI is InChI=1S/C22H27FN4O/c1-16-13-20(23)8-7-17(16)9-11-25-22(24-2)26-14-21(28)27-12-10-18-5-3-4-6-19(18)15-27/h3-8,13H,9-12,14-15H2,1-2H3,(H2,24,25,26). The first kappa shape index (κ1) is 19.9. The van der Waals surface area contributed by atoms with E-state index in [0.29, 0.717) is 19.0 Å². The fourth-order valence-corrected chi connectivity index (χ4v) is 3.46. The van der Waals surface area contributed by atoms with E-state index in [9.17, 15) is 9.18 Å². The van der Waals surface area contributed by atoms with Crippen LogP contribution in [0.1, 0.15) is 22.3 Å². The smallest absolute Gasteiger partial charge is 0.242 e. The number of amides is 1. The van der Waals surface area contributed by atoms with Crippen LogP contribution in [0, 0.1) is 12.7 Å². The highest BCUT2D eigenvalue weighted by Gasteiger charge is 2.20. The number of benzene rings is 2. The number of rotatable bonds is 5. The van der Waals surface area contributed by atoms with Gasteiger partial charge < -0.3 is 15.5 Å². The number of nitrogens with zero attached hydrogens (tertiary/aromatic N) is 2. The molecule has 1 aliphatic rings. The van der Waals surface area contributed by atoms with E-state index in [1.807, 2.05) is 24.0 Å². The summed E-state index contributed by atoms with van der Waals surface area (Å²) in [4.78, 5) is 18.6. The summed E-state index contributed by atoms with van der Waals surface area (Å²) in [6.45, 7) is 4.16. The molecule has 3 rings (SSSR count). The molecule has 1 heterocycles. The van der Waals surface area contributed by atoms with Crippen molar-refractivity contribution in [3.8, 4) is 0 Å². The number of hydrogen-bond acceptors (Lipinski definition) is 2. The van der Waals surface area contributed by atoms with Crippen LogP contribution in [0.3, 0.4) is 0 Å². The van der Waals surface area contributed by atoms with Gasteiger partial charge in [0.15, 0.2) is 5.96 Å².